The van der Waals surface area contributed by atoms with Crippen molar-refractivity contribution in [2.24, 2.45) is 0 Å². The molecule has 90 valence electrons. The van der Waals surface area contributed by atoms with Crippen LogP contribution in [0.1, 0.15) is 5.69 Å². The van der Waals surface area contributed by atoms with Crippen molar-refractivity contribution >= 4 is 40.4 Å². The number of nitrogens with one attached hydrogen (secondary N) is 1. The number of hydrogen-bond donors (Lipinski definition) is 2. The third-order valence-corrected chi connectivity index (χ3v) is 2.77. The van der Waals surface area contributed by atoms with Gasteiger partial charge in [-0.1, -0.05) is 23.2 Å². The second kappa shape index (κ2) is 5.13. The molecule has 18 heavy (non-hydrogen) atoms. The summed E-state index contributed by atoms with van der Waals surface area (Å²) in [6.45, 7) is 0. The molecule has 6 heteroatoms. The highest BCUT2D eigenvalue weighted by Gasteiger charge is 2.05. The van der Waals surface area contributed by atoms with Gasteiger partial charge in [-0.25, -0.2) is 4.98 Å². The summed E-state index contributed by atoms with van der Waals surface area (Å²) in [6, 6.07) is 10.2. The number of nitrogen functional groups attached to an aromatic ring is 1. The van der Waals surface area contributed by atoms with Gasteiger partial charge >= 0.3 is 0 Å². The Labute approximate surface area is 114 Å². The van der Waals surface area contributed by atoms with E-state index in [2.05, 4.69) is 10.3 Å². The Morgan fingerprint density at radius 2 is 2.00 bits per heavy atom. The minimum atomic E-state index is 0.171. The smallest absolute Gasteiger partial charge is 0.165 e. The second-order valence-corrected chi connectivity index (χ2v) is 4.34. The van der Waals surface area contributed by atoms with Gasteiger partial charge in [-0.15, -0.1) is 0 Å². The van der Waals surface area contributed by atoms with E-state index in [1.54, 1.807) is 30.3 Å². The van der Waals surface area contributed by atoms with Crippen LogP contribution in [0, 0.1) is 11.3 Å². The molecule has 4 nitrogen and oxygen atoms in total. The number of halogens is 2. The molecule has 0 saturated heterocycles. The van der Waals surface area contributed by atoms with Crippen LogP contribution in [0.5, 0.6) is 0 Å². The number of benzene rings is 1. The number of hydrogen-bond acceptors (Lipinski definition) is 4. The van der Waals surface area contributed by atoms with E-state index in [9.17, 15) is 0 Å². The highest BCUT2D eigenvalue weighted by Crippen LogP contribution is 2.28. The first-order chi connectivity index (χ1) is 8.60. The normalized spacial score (nSPS) is 9.83. The van der Waals surface area contributed by atoms with E-state index in [0.717, 1.165) is 0 Å². The number of nitrogens with zero attached hydrogens (tertiary/aromatic N) is 2. The van der Waals surface area contributed by atoms with Gasteiger partial charge in [-0.2, -0.15) is 5.26 Å². The van der Waals surface area contributed by atoms with Crippen molar-refractivity contribution in [1.82, 2.24) is 4.98 Å². The van der Waals surface area contributed by atoms with E-state index in [-0.39, 0.29) is 5.69 Å². The summed E-state index contributed by atoms with van der Waals surface area (Å²) in [7, 11) is 0. The number of nitrogens with two attached hydrogens (primary N) is 1. The number of rotatable bonds is 2. The second-order valence-electron chi connectivity index (χ2n) is 3.50. The maximum absolute atomic E-state index is 8.84. The van der Waals surface area contributed by atoms with Crippen LogP contribution in [0.2, 0.25) is 10.0 Å². The Morgan fingerprint density at radius 1 is 1.22 bits per heavy atom. The Balaban J connectivity index is 2.32. The van der Waals surface area contributed by atoms with E-state index in [1.165, 1.54) is 0 Å². The average molecular weight is 279 g/mol. The number of nitriles is 1. The third-order valence-electron chi connectivity index (χ3n) is 2.23. The van der Waals surface area contributed by atoms with E-state index in [0.29, 0.717) is 27.2 Å². The molecule has 0 aliphatic heterocycles. The molecule has 0 bridgehead atoms. The van der Waals surface area contributed by atoms with Gasteiger partial charge in [0.15, 0.2) is 5.69 Å². The highest BCUT2D eigenvalue weighted by atomic mass is 35.5. The number of anilines is 3. The average Bonchev–Trinajstić information content (AvgIpc) is 2.35. The molecule has 0 atom stereocenters. The lowest BCUT2D eigenvalue weighted by molar-refractivity contribution is 1.26. The molecule has 0 amide bonds. The molecule has 1 aromatic carbocycles. The molecule has 0 unspecified atom stereocenters. The molecule has 0 aliphatic carbocycles. The van der Waals surface area contributed by atoms with Crippen molar-refractivity contribution in [2.45, 2.75) is 0 Å². The summed E-state index contributed by atoms with van der Waals surface area (Å²) >= 11 is 11.8. The first kappa shape index (κ1) is 12.5. The van der Waals surface area contributed by atoms with Gasteiger partial charge < -0.3 is 11.1 Å². The molecule has 0 fully saturated rings. The molecule has 0 radical (unpaired) electrons. The van der Waals surface area contributed by atoms with Gasteiger partial charge in [-0.05, 0) is 30.3 Å². The Bertz CT molecular complexity index is 634. The van der Waals surface area contributed by atoms with Crippen molar-refractivity contribution in [3.05, 3.63) is 46.1 Å². The fourth-order valence-corrected chi connectivity index (χ4v) is 1.81. The van der Waals surface area contributed by atoms with Crippen molar-refractivity contribution in [1.29, 1.82) is 5.26 Å². The molecule has 1 aromatic heterocycles. The Hall–Kier alpha value is -1.96. The summed E-state index contributed by atoms with van der Waals surface area (Å²) in [4.78, 5) is 4.06. The molecule has 0 saturated carbocycles. The zero-order valence-electron chi connectivity index (χ0n) is 9.11. The maximum atomic E-state index is 8.84. The highest BCUT2D eigenvalue weighted by molar-refractivity contribution is 6.36. The largest absolute Gasteiger partial charge is 0.396 e. The predicted molar refractivity (Wildman–Crippen MR) is 73.1 cm³/mol. The van der Waals surface area contributed by atoms with E-state index in [4.69, 9.17) is 34.2 Å². The Kier molecular flexibility index (Phi) is 3.56. The first-order valence-electron chi connectivity index (χ1n) is 4.99. The van der Waals surface area contributed by atoms with Crippen molar-refractivity contribution in [2.75, 3.05) is 11.1 Å². The van der Waals surface area contributed by atoms with Crippen LogP contribution in [-0.2, 0) is 0 Å². The van der Waals surface area contributed by atoms with Gasteiger partial charge in [0.25, 0.3) is 0 Å². The lowest BCUT2D eigenvalue weighted by Crippen LogP contribution is -1.99. The summed E-state index contributed by atoms with van der Waals surface area (Å²) < 4.78 is 0. The van der Waals surface area contributed by atoms with Gasteiger partial charge in [0.2, 0.25) is 0 Å². The maximum Gasteiger partial charge on any atom is 0.165 e. The van der Waals surface area contributed by atoms with E-state index < -0.39 is 0 Å². The van der Waals surface area contributed by atoms with Gasteiger partial charge in [0, 0.05) is 5.02 Å². The molecular weight excluding hydrogens is 271 g/mol. The van der Waals surface area contributed by atoms with Crippen molar-refractivity contribution in [3.63, 3.8) is 0 Å². The van der Waals surface area contributed by atoms with Crippen molar-refractivity contribution < 1.29 is 0 Å². The summed E-state index contributed by atoms with van der Waals surface area (Å²) in [5.74, 6) is 0.491. The van der Waals surface area contributed by atoms with Crippen LogP contribution < -0.4 is 11.1 Å². The minimum absolute atomic E-state index is 0.171. The van der Waals surface area contributed by atoms with Gasteiger partial charge in [0.05, 0.1) is 16.4 Å². The van der Waals surface area contributed by atoms with Crippen LogP contribution in [-0.4, -0.2) is 4.98 Å². The minimum Gasteiger partial charge on any atom is -0.396 e. The van der Waals surface area contributed by atoms with Crippen LogP contribution in [0.3, 0.4) is 0 Å². The van der Waals surface area contributed by atoms with Crippen LogP contribution in [0.15, 0.2) is 30.3 Å². The molecule has 2 aromatic rings. The summed E-state index contributed by atoms with van der Waals surface area (Å²) in [5.41, 5.74) is 6.75. The molecule has 0 aliphatic rings. The number of aromatic nitrogens is 1. The van der Waals surface area contributed by atoms with E-state index in [1.807, 2.05) is 6.07 Å². The number of pyridine rings is 1. The fraction of sp³-hybridized carbons (Fsp3) is 0. The predicted octanol–water partition coefficient (Wildman–Crippen LogP) is 3.59. The van der Waals surface area contributed by atoms with Crippen LogP contribution in [0.25, 0.3) is 0 Å². The molecule has 1 heterocycles. The van der Waals surface area contributed by atoms with Crippen LogP contribution in [0.4, 0.5) is 17.2 Å². The molecule has 2 rings (SSSR count). The molecule has 0 spiro atoms. The summed E-state index contributed by atoms with van der Waals surface area (Å²) in [6.07, 6.45) is 0. The quantitative estimate of drug-likeness (QED) is 0.880. The Morgan fingerprint density at radius 3 is 2.67 bits per heavy atom. The lowest BCUT2D eigenvalue weighted by Gasteiger charge is -2.08. The molecule has 3 N–H and O–H groups in total. The van der Waals surface area contributed by atoms with Gasteiger partial charge in [0.1, 0.15) is 11.9 Å². The lowest BCUT2D eigenvalue weighted by atomic mass is 10.3. The van der Waals surface area contributed by atoms with Crippen LogP contribution >= 0.6 is 23.2 Å². The standard InChI is InChI=1S/C12H8Cl2N4/c13-7-1-3-10(8(14)5-7)17-12-4-2-9(16)11(6-15)18-12/h1-5H,16H2,(H,17,18). The zero-order valence-corrected chi connectivity index (χ0v) is 10.6. The van der Waals surface area contributed by atoms with E-state index >= 15 is 0 Å². The van der Waals surface area contributed by atoms with Gasteiger partial charge in [-0.3, -0.25) is 0 Å². The third kappa shape index (κ3) is 2.65. The summed E-state index contributed by atoms with van der Waals surface area (Å²) in [5, 5.41) is 12.9. The SMILES string of the molecule is N#Cc1nc(Nc2ccc(Cl)cc2Cl)ccc1N. The monoisotopic (exact) mass is 278 g/mol. The van der Waals surface area contributed by atoms with Crippen molar-refractivity contribution in [3.8, 4) is 6.07 Å². The fourth-order valence-electron chi connectivity index (χ4n) is 1.36. The first-order valence-corrected chi connectivity index (χ1v) is 5.74. The zero-order chi connectivity index (χ0) is 13.1. The molecular formula is C12H8Cl2N4. The topological polar surface area (TPSA) is 74.7 Å².